The maximum Gasteiger partial charge on any atom is 0.238 e. The lowest BCUT2D eigenvalue weighted by molar-refractivity contribution is 0.824. The van der Waals surface area contributed by atoms with Crippen LogP contribution in [-0.4, -0.2) is 46.1 Å². The Morgan fingerprint density at radius 1 is 0.776 bits per heavy atom. The molecule has 0 unspecified atom stereocenters. The van der Waals surface area contributed by atoms with Gasteiger partial charge in [-0.15, -0.1) is 0 Å². The molecule has 9 rings (SSSR count). The Balaban J connectivity index is 1.39. The molecule has 0 aliphatic heterocycles. The molecular weight excluding hydrogens is 715 g/mol. The van der Waals surface area contributed by atoms with Gasteiger partial charge in [-0.2, -0.15) is 9.97 Å². The van der Waals surface area contributed by atoms with Gasteiger partial charge in [0, 0.05) is 63.5 Å². The molecule has 9 heteroatoms. The van der Waals surface area contributed by atoms with Gasteiger partial charge in [-0.25, -0.2) is 24.9 Å². The lowest BCUT2D eigenvalue weighted by Gasteiger charge is -2.16. The van der Waals surface area contributed by atoms with Crippen LogP contribution in [0.3, 0.4) is 0 Å². The first-order valence-electron chi connectivity index (χ1n) is 19.5. The van der Waals surface area contributed by atoms with Crippen molar-refractivity contribution in [1.29, 1.82) is 0 Å². The molecule has 4 aromatic carbocycles. The molecule has 1 aliphatic rings. The normalized spacial score (nSPS) is 13.2. The Morgan fingerprint density at radius 2 is 1.52 bits per heavy atom. The SMILES string of the molecule is C=CN=C(N=CC)C(=C)CCc1c(C)c2ccc3c4cc(-c5ncccn5)ccc4n(-c4ccccc4)c3c2n1-c1nc(C2=CC=CCC2)nc(-c2ccccc2)n1. The van der Waals surface area contributed by atoms with E-state index in [1.165, 1.54) is 6.20 Å². The summed E-state index contributed by atoms with van der Waals surface area (Å²) in [4.78, 5) is 33.9. The van der Waals surface area contributed by atoms with E-state index in [2.05, 4.69) is 140 Å². The zero-order valence-corrected chi connectivity index (χ0v) is 32.5. The second-order valence-electron chi connectivity index (χ2n) is 14.2. The van der Waals surface area contributed by atoms with Crippen LogP contribution in [0.25, 0.3) is 72.7 Å². The highest BCUT2D eigenvalue weighted by atomic mass is 15.2. The van der Waals surface area contributed by atoms with Crippen molar-refractivity contribution < 1.29 is 0 Å². The van der Waals surface area contributed by atoms with Crippen LogP contribution in [-0.2, 0) is 6.42 Å². The zero-order valence-electron chi connectivity index (χ0n) is 32.5. The number of hydrogen-bond acceptors (Lipinski definition) is 6. The minimum absolute atomic E-state index is 0.556. The largest absolute Gasteiger partial charge is 0.307 e. The van der Waals surface area contributed by atoms with E-state index in [1.54, 1.807) is 18.6 Å². The van der Waals surface area contributed by atoms with Crippen LogP contribution in [0.5, 0.6) is 0 Å². The average Bonchev–Trinajstić information content (AvgIpc) is 3.77. The Morgan fingerprint density at radius 3 is 2.26 bits per heavy atom. The van der Waals surface area contributed by atoms with E-state index < -0.39 is 0 Å². The van der Waals surface area contributed by atoms with Crippen molar-refractivity contribution in [3.8, 4) is 34.4 Å². The lowest BCUT2D eigenvalue weighted by atomic mass is 10.0. The fourth-order valence-corrected chi connectivity index (χ4v) is 7.95. The Hall–Kier alpha value is -7.39. The third-order valence-electron chi connectivity index (χ3n) is 10.7. The molecule has 0 atom stereocenters. The summed E-state index contributed by atoms with van der Waals surface area (Å²) in [5.74, 6) is 3.09. The number of allylic oxidation sites excluding steroid dienone is 4. The van der Waals surface area contributed by atoms with E-state index in [-0.39, 0.29) is 0 Å². The number of aromatic nitrogens is 7. The Labute approximate surface area is 337 Å². The molecule has 0 saturated heterocycles. The molecule has 282 valence electrons. The monoisotopic (exact) mass is 755 g/mol. The molecule has 0 amide bonds. The third kappa shape index (κ3) is 6.56. The van der Waals surface area contributed by atoms with Gasteiger partial charge in [0.25, 0.3) is 0 Å². The summed E-state index contributed by atoms with van der Waals surface area (Å²) in [6, 6.07) is 33.5. The molecule has 0 saturated carbocycles. The van der Waals surface area contributed by atoms with Crippen LogP contribution in [0, 0.1) is 6.92 Å². The van der Waals surface area contributed by atoms with Crippen molar-refractivity contribution in [2.75, 3.05) is 0 Å². The van der Waals surface area contributed by atoms with Crippen LogP contribution in [0.1, 0.15) is 43.3 Å². The van der Waals surface area contributed by atoms with Crippen molar-refractivity contribution in [3.05, 3.63) is 170 Å². The van der Waals surface area contributed by atoms with Crippen molar-refractivity contribution in [3.63, 3.8) is 0 Å². The Bertz CT molecular complexity index is 2980. The van der Waals surface area contributed by atoms with Crippen LogP contribution in [0.4, 0.5) is 0 Å². The zero-order chi connectivity index (χ0) is 39.6. The first-order chi connectivity index (χ1) is 28.5. The van der Waals surface area contributed by atoms with Gasteiger partial charge in [0.2, 0.25) is 5.95 Å². The maximum atomic E-state index is 5.34. The van der Waals surface area contributed by atoms with E-state index in [0.717, 1.165) is 84.8 Å². The topological polar surface area (TPSA) is 99.0 Å². The van der Waals surface area contributed by atoms with Crippen LogP contribution < -0.4 is 0 Å². The van der Waals surface area contributed by atoms with E-state index in [0.29, 0.717) is 42.1 Å². The van der Waals surface area contributed by atoms with Crippen molar-refractivity contribution in [2.45, 2.75) is 39.5 Å². The van der Waals surface area contributed by atoms with Gasteiger partial charge < -0.3 is 4.57 Å². The lowest BCUT2D eigenvalue weighted by Crippen LogP contribution is -2.12. The Kier molecular flexibility index (Phi) is 9.77. The fraction of sp³-hybridized carbons (Fsp3) is 0.122. The van der Waals surface area contributed by atoms with Crippen LogP contribution >= 0.6 is 0 Å². The van der Waals surface area contributed by atoms with E-state index >= 15 is 0 Å². The molecule has 8 aromatic rings. The van der Waals surface area contributed by atoms with Crippen LogP contribution in [0.2, 0.25) is 0 Å². The standard InChI is InChI=1S/C49H41N9/c1-5-50-45(51-6-2)32(3)23-27-41-33(4)38-25-26-39-40-31-36(46-52-29-16-30-53-46)24-28-42(40)57(37-21-14-9-15-22-37)44(39)43(38)58(41)49-55-47(34-17-10-7-11-18-34)54-48(56-49)35-19-12-8-13-20-35/h5-12,14-19,21-22,24-26,28-31H,1,3,13,20,23,27H2,2,4H3. The van der Waals surface area contributed by atoms with E-state index in [4.69, 9.17) is 15.0 Å². The molecule has 4 aromatic heterocycles. The summed E-state index contributed by atoms with van der Waals surface area (Å²) < 4.78 is 4.63. The molecule has 0 bridgehead atoms. The van der Waals surface area contributed by atoms with Gasteiger partial charge in [-0.3, -0.25) is 4.57 Å². The van der Waals surface area contributed by atoms with Crippen molar-refractivity contribution in [1.82, 2.24) is 34.1 Å². The number of benzene rings is 4. The number of aryl methyl sites for hydroxylation is 1. The molecule has 0 fully saturated rings. The van der Waals surface area contributed by atoms with Crippen molar-refractivity contribution in [2.24, 2.45) is 9.98 Å². The third-order valence-corrected chi connectivity index (χ3v) is 10.7. The molecule has 1 aliphatic carbocycles. The van der Waals surface area contributed by atoms with Gasteiger partial charge in [0.1, 0.15) is 0 Å². The number of hydrogen-bond donors (Lipinski definition) is 0. The number of aliphatic imine (C=N–C) groups is 2. The average molecular weight is 756 g/mol. The number of rotatable bonds is 10. The first-order valence-corrected chi connectivity index (χ1v) is 19.5. The fourth-order valence-electron chi connectivity index (χ4n) is 7.95. The van der Waals surface area contributed by atoms with Gasteiger partial charge in [-0.1, -0.05) is 92.0 Å². The smallest absolute Gasteiger partial charge is 0.238 e. The summed E-state index contributed by atoms with van der Waals surface area (Å²) >= 11 is 0. The number of para-hydroxylation sites is 1. The molecule has 0 N–H and O–H groups in total. The molecule has 58 heavy (non-hydrogen) atoms. The number of nitrogens with zero attached hydrogens (tertiary/aromatic N) is 9. The summed E-state index contributed by atoms with van der Waals surface area (Å²) in [6.07, 6.45) is 16.2. The minimum Gasteiger partial charge on any atom is -0.307 e. The molecule has 9 nitrogen and oxygen atoms in total. The van der Waals surface area contributed by atoms with Gasteiger partial charge >= 0.3 is 0 Å². The molecule has 4 heterocycles. The predicted octanol–water partition coefficient (Wildman–Crippen LogP) is 11.2. The summed E-state index contributed by atoms with van der Waals surface area (Å²) in [5.41, 5.74) is 10.1. The van der Waals surface area contributed by atoms with Crippen molar-refractivity contribution >= 4 is 50.3 Å². The number of amidine groups is 1. The van der Waals surface area contributed by atoms with Crippen LogP contribution in [0.15, 0.2) is 163 Å². The first kappa shape index (κ1) is 36.3. The summed E-state index contributed by atoms with van der Waals surface area (Å²) in [5, 5.41) is 3.29. The van der Waals surface area contributed by atoms with Gasteiger partial charge in [-0.05, 0) is 92.6 Å². The quantitative estimate of drug-likeness (QED) is 0.102. The maximum absolute atomic E-state index is 5.34. The molecule has 0 radical (unpaired) electrons. The highest BCUT2D eigenvalue weighted by Gasteiger charge is 2.26. The second kappa shape index (κ2) is 15.6. The number of fused-ring (bicyclic) bond motifs is 5. The highest BCUT2D eigenvalue weighted by molar-refractivity contribution is 6.19. The second-order valence-corrected chi connectivity index (χ2v) is 14.2. The van der Waals surface area contributed by atoms with E-state index in [1.807, 2.05) is 31.2 Å². The molecule has 0 spiro atoms. The molecular formula is C49H41N9. The predicted molar refractivity (Wildman–Crippen MR) is 238 cm³/mol. The highest BCUT2D eigenvalue weighted by Crippen LogP contribution is 2.42. The minimum atomic E-state index is 0.556. The summed E-state index contributed by atoms with van der Waals surface area (Å²) in [6.45, 7) is 12.3. The van der Waals surface area contributed by atoms with Gasteiger partial charge in [0.15, 0.2) is 23.3 Å². The van der Waals surface area contributed by atoms with E-state index in [9.17, 15) is 0 Å². The van der Waals surface area contributed by atoms with Gasteiger partial charge in [0.05, 0.1) is 16.6 Å². The summed E-state index contributed by atoms with van der Waals surface area (Å²) in [7, 11) is 0.